The first kappa shape index (κ1) is 20.2. The van der Waals surface area contributed by atoms with Gasteiger partial charge >= 0.3 is 0 Å². The maximum absolute atomic E-state index is 13.9. The lowest BCUT2D eigenvalue weighted by atomic mass is 10.1. The van der Waals surface area contributed by atoms with Crippen LogP contribution in [-0.2, 0) is 4.79 Å². The van der Waals surface area contributed by atoms with Crippen LogP contribution in [0, 0.1) is 17.5 Å². The topological polar surface area (TPSA) is 52.7 Å². The molecule has 0 radical (unpaired) electrons. The molecule has 0 bridgehead atoms. The van der Waals surface area contributed by atoms with Crippen molar-refractivity contribution >= 4 is 29.1 Å². The number of rotatable bonds is 4. The van der Waals surface area contributed by atoms with E-state index in [1.165, 1.54) is 17.0 Å². The van der Waals surface area contributed by atoms with Crippen molar-refractivity contribution in [3.63, 3.8) is 0 Å². The number of carbonyl (C=O) groups excluding carboxylic acids is 2. The summed E-state index contributed by atoms with van der Waals surface area (Å²) in [7, 11) is 0. The van der Waals surface area contributed by atoms with E-state index >= 15 is 0 Å². The van der Waals surface area contributed by atoms with Crippen LogP contribution < -0.4 is 5.32 Å². The maximum Gasteiger partial charge on any atom is 0.256 e. The summed E-state index contributed by atoms with van der Waals surface area (Å²) in [4.78, 5) is 27.8. The molecule has 1 aliphatic rings. The highest BCUT2D eigenvalue weighted by molar-refractivity contribution is 6.31. The van der Waals surface area contributed by atoms with Crippen LogP contribution in [0.5, 0.6) is 0 Å². The van der Waals surface area contributed by atoms with Crippen LogP contribution >= 0.6 is 11.6 Å². The Bertz CT molecular complexity index is 902. The number of hydrogen-bond donors (Lipinski definition) is 1. The lowest BCUT2D eigenvalue weighted by Crippen LogP contribution is -2.50. The second-order valence-corrected chi connectivity index (χ2v) is 6.80. The SMILES string of the molecule is O=C(CN1CCN(C(=O)c2cc(Cl)ccc2F)CC1)Nc1cc(F)ccc1F. The first-order valence-electron chi connectivity index (χ1n) is 8.55. The molecule has 1 N–H and O–H groups in total. The number of halogens is 4. The van der Waals surface area contributed by atoms with Crippen molar-refractivity contribution in [3.05, 3.63) is 64.4 Å². The Morgan fingerprint density at radius 3 is 2.36 bits per heavy atom. The predicted octanol–water partition coefficient (Wildman–Crippen LogP) is 3.15. The summed E-state index contributed by atoms with van der Waals surface area (Å²) in [6.07, 6.45) is 0. The van der Waals surface area contributed by atoms with Gasteiger partial charge in [-0.05, 0) is 30.3 Å². The van der Waals surface area contributed by atoms with E-state index in [1.54, 1.807) is 4.90 Å². The van der Waals surface area contributed by atoms with Gasteiger partial charge in [0, 0.05) is 37.3 Å². The van der Waals surface area contributed by atoms with Crippen molar-refractivity contribution < 1.29 is 22.8 Å². The van der Waals surface area contributed by atoms with Crippen LogP contribution in [0.2, 0.25) is 5.02 Å². The van der Waals surface area contributed by atoms with Crippen LogP contribution in [0.1, 0.15) is 10.4 Å². The average molecular weight is 412 g/mol. The Morgan fingerprint density at radius 1 is 0.964 bits per heavy atom. The molecule has 9 heteroatoms. The molecule has 2 aromatic carbocycles. The number of piperazine rings is 1. The van der Waals surface area contributed by atoms with Gasteiger partial charge in [-0.3, -0.25) is 14.5 Å². The molecule has 1 heterocycles. The molecule has 0 aromatic heterocycles. The van der Waals surface area contributed by atoms with E-state index in [9.17, 15) is 22.8 Å². The molecule has 28 heavy (non-hydrogen) atoms. The van der Waals surface area contributed by atoms with Crippen molar-refractivity contribution in [2.24, 2.45) is 0 Å². The second kappa shape index (κ2) is 8.62. The van der Waals surface area contributed by atoms with Crippen LogP contribution in [0.15, 0.2) is 36.4 Å². The van der Waals surface area contributed by atoms with Crippen molar-refractivity contribution in [1.29, 1.82) is 0 Å². The number of carbonyl (C=O) groups is 2. The standard InChI is InChI=1S/C19H17ClF3N3O2/c20-12-1-3-15(22)14(9-12)19(28)26-7-5-25(6-8-26)11-18(27)24-17-10-13(21)2-4-16(17)23/h1-4,9-10H,5-8,11H2,(H,24,27). The number of nitrogens with one attached hydrogen (secondary N) is 1. The molecule has 5 nitrogen and oxygen atoms in total. The summed E-state index contributed by atoms with van der Waals surface area (Å²) in [6.45, 7) is 1.32. The minimum atomic E-state index is -0.728. The number of nitrogens with zero attached hydrogens (tertiary/aromatic N) is 2. The minimum Gasteiger partial charge on any atom is -0.336 e. The van der Waals surface area contributed by atoms with E-state index in [-0.39, 0.29) is 22.8 Å². The third kappa shape index (κ3) is 4.82. The Labute approximate surface area is 164 Å². The molecule has 148 valence electrons. The van der Waals surface area contributed by atoms with Gasteiger partial charge in [-0.25, -0.2) is 13.2 Å². The molecule has 0 spiro atoms. The van der Waals surface area contributed by atoms with Gasteiger partial charge in [-0.1, -0.05) is 11.6 Å². The van der Waals surface area contributed by atoms with Crippen LogP contribution in [-0.4, -0.2) is 54.3 Å². The van der Waals surface area contributed by atoms with Crippen molar-refractivity contribution in [2.45, 2.75) is 0 Å². The summed E-state index contributed by atoms with van der Waals surface area (Å²) in [5.41, 5.74) is -0.324. The zero-order valence-corrected chi connectivity index (χ0v) is 15.5. The Kier molecular flexibility index (Phi) is 6.21. The van der Waals surface area contributed by atoms with Gasteiger partial charge in [-0.2, -0.15) is 0 Å². The maximum atomic E-state index is 13.9. The molecule has 0 atom stereocenters. The van der Waals surface area contributed by atoms with Gasteiger partial charge in [-0.15, -0.1) is 0 Å². The van der Waals surface area contributed by atoms with Crippen LogP contribution in [0.4, 0.5) is 18.9 Å². The molecule has 2 aromatic rings. The molecule has 1 saturated heterocycles. The van der Waals surface area contributed by atoms with Gasteiger partial charge in [0.1, 0.15) is 17.5 Å². The molecule has 0 unspecified atom stereocenters. The summed E-state index contributed by atoms with van der Waals surface area (Å²) < 4.78 is 40.6. The summed E-state index contributed by atoms with van der Waals surface area (Å²) in [5, 5.41) is 2.60. The molecule has 0 saturated carbocycles. The van der Waals surface area contributed by atoms with Gasteiger partial charge in [0.05, 0.1) is 17.8 Å². The Balaban J connectivity index is 1.54. The zero-order valence-electron chi connectivity index (χ0n) is 14.7. The monoisotopic (exact) mass is 411 g/mol. The average Bonchev–Trinajstić information content (AvgIpc) is 2.66. The molecule has 1 aliphatic heterocycles. The van der Waals surface area contributed by atoms with Crippen LogP contribution in [0.3, 0.4) is 0 Å². The smallest absolute Gasteiger partial charge is 0.256 e. The highest BCUT2D eigenvalue weighted by Gasteiger charge is 2.25. The van der Waals surface area contributed by atoms with E-state index in [0.29, 0.717) is 26.2 Å². The highest BCUT2D eigenvalue weighted by atomic mass is 35.5. The number of hydrogen-bond acceptors (Lipinski definition) is 3. The Morgan fingerprint density at radius 2 is 1.64 bits per heavy atom. The first-order valence-corrected chi connectivity index (χ1v) is 8.93. The van der Waals surface area contributed by atoms with E-state index in [4.69, 9.17) is 11.6 Å². The fourth-order valence-electron chi connectivity index (χ4n) is 2.93. The third-order valence-electron chi connectivity index (χ3n) is 4.39. The predicted molar refractivity (Wildman–Crippen MR) is 98.7 cm³/mol. The number of benzene rings is 2. The number of amides is 2. The van der Waals surface area contributed by atoms with Gasteiger partial charge in [0.15, 0.2) is 0 Å². The van der Waals surface area contributed by atoms with Crippen molar-refractivity contribution in [3.8, 4) is 0 Å². The zero-order chi connectivity index (χ0) is 20.3. The van der Waals surface area contributed by atoms with Gasteiger partial charge in [0.2, 0.25) is 5.91 Å². The van der Waals surface area contributed by atoms with Gasteiger partial charge in [0.25, 0.3) is 5.91 Å². The van der Waals surface area contributed by atoms with Crippen LogP contribution in [0.25, 0.3) is 0 Å². The van der Waals surface area contributed by atoms with Gasteiger partial charge < -0.3 is 10.2 Å². The lowest BCUT2D eigenvalue weighted by molar-refractivity contribution is -0.117. The molecule has 2 amide bonds. The third-order valence-corrected chi connectivity index (χ3v) is 4.62. The molecule has 3 rings (SSSR count). The molecular weight excluding hydrogens is 395 g/mol. The van der Waals surface area contributed by atoms with E-state index in [1.807, 2.05) is 0 Å². The molecular formula is C19H17ClF3N3O2. The normalized spacial score (nSPS) is 14.8. The fraction of sp³-hybridized carbons (Fsp3) is 0.263. The minimum absolute atomic E-state index is 0.0382. The summed E-state index contributed by atoms with van der Waals surface area (Å²) in [6, 6.07) is 6.59. The largest absolute Gasteiger partial charge is 0.336 e. The summed E-state index contributed by atoms with van der Waals surface area (Å²) >= 11 is 5.83. The highest BCUT2D eigenvalue weighted by Crippen LogP contribution is 2.18. The van der Waals surface area contributed by atoms with E-state index in [0.717, 1.165) is 24.3 Å². The van der Waals surface area contributed by atoms with Crippen molar-refractivity contribution in [1.82, 2.24) is 9.80 Å². The fourth-order valence-corrected chi connectivity index (χ4v) is 3.10. The molecule has 0 aliphatic carbocycles. The summed E-state index contributed by atoms with van der Waals surface area (Å²) in [5.74, 6) is -2.99. The second-order valence-electron chi connectivity index (χ2n) is 6.36. The number of anilines is 1. The lowest BCUT2D eigenvalue weighted by Gasteiger charge is -2.34. The first-order chi connectivity index (χ1) is 13.3. The van der Waals surface area contributed by atoms with E-state index < -0.39 is 29.3 Å². The van der Waals surface area contributed by atoms with Crippen molar-refractivity contribution in [2.75, 3.05) is 38.0 Å². The quantitative estimate of drug-likeness (QED) is 0.841. The molecule has 1 fully saturated rings. The Hall–Kier alpha value is -2.58. The van der Waals surface area contributed by atoms with E-state index in [2.05, 4.69) is 5.32 Å².